The summed E-state index contributed by atoms with van der Waals surface area (Å²) in [5.41, 5.74) is 1.67. The highest BCUT2D eigenvalue weighted by Gasteiger charge is 2.15. The molecule has 5 nitrogen and oxygen atoms in total. The number of nitrogens with zero attached hydrogens (tertiary/aromatic N) is 2. The first-order valence-electron chi connectivity index (χ1n) is 6.14. The quantitative estimate of drug-likeness (QED) is 0.676. The molecule has 6 heteroatoms. The smallest absolute Gasteiger partial charge is 0.275 e. The van der Waals surface area contributed by atoms with Crippen LogP contribution in [0.25, 0.3) is 0 Å². The van der Waals surface area contributed by atoms with Crippen LogP contribution in [0.3, 0.4) is 0 Å². The van der Waals surface area contributed by atoms with Crippen molar-refractivity contribution in [3.05, 3.63) is 69.0 Å². The first-order valence-corrected chi connectivity index (χ1v) is 6.52. The normalized spacial score (nSPS) is 12.1. The first-order chi connectivity index (χ1) is 9.58. The molecule has 2 rings (SSSR count). The zero-order valence-electron chi connectivity index (χ0n) is 10.9. The summed E-state index contributed by atoms with van der Waals surface area (Å²) in [6, 6.07) is 8.56. The van der Waals surface area contributed by atoms with Crippen LogP contribution in [0.15, 0.2) is 42.7 Å². The third-order valence-corrected chi connectivity index (χ3v) is 3.26. The largest absolute Gasteiger partial charge is 0.306 e. The number of benzene rings is 1. The Morgan fingerprint density at radius 1 is 1.45 bits per heavy atom. The predicted molar refractivity (Wildman–Crippen MR) is 77.6 cm³/mol. The molecule has 1 aromatic carbocycles. The van der Waals surface area contributed by atoms with E-state index >= 15 is 0 Å². The Bertz CT molecular complexity index is 605. The average molecular weight is 292 g/mol. The van der Waals surface area contributed by atoms with Crippen molar-refractivity contribution >= 4 is 17.3 Å². The van der Waals surface area contributed by atoms with Crippen molar-refractivity contribution < 1.29 is 4.92 Å². The molecule has 0 amide bonds. The fraction of sp³-hybridized carbons (Fsp3) is 0.214. The molecule has 1 atom stereocenters. The molecular weight excluding hydrogens is 278 g/mol. The molecule has 0 fully saturated rings. The number of hydrogen-bond acceptors (Lipinski definition) is 4. The Morgan fingerprint density at radius 3 is 2.90 bits per heavy atom. The van der Waals surface area contributed by atoms with E-state index < -0.39 is 4.92 Å². The van der Waals surface area contributed by atoms with E-state index in [0.717, 1.165) is 5.56 Å². The van der Waals surface area contributed by atoms with Crippen LogP contribution < -0.4 is 5.32 Å². The van der Waals surface area contributed by atoms with E-state index in [1.807, 2.05) is 19.1 Å². The van der Waals surface area contributed by atoms with Crippen LogP contribution in [0, 0.1) is 10.1 Å². The third kappa shape index (κ3) is 3.53. The highest BCUT2D eigenvalue weighted by molar-refractivity contribution is 6.30. The molecular formula is C14H14ClN3O2. The van der Waals surface area contributed by atoms with Crippen molar-refractivity contribution in [2.75, 3.05) is 0 Å². The fourth-order valence-corrected chi connectivity index (χ4v) is 2.04. The monoisotopic (exact) mass is 291 g/mol. The van der Waals surface area contributed by atoms with Crippen LogP contribution in [-0.2, 0) is 6.54 Å². The average Bonchev–Trinajstić information content (AvgIpc) is 2.46. The van der Waals surface area contributed by atoms with Crippen LogP contribution in [0.4, 0.5) is 5.69 Å². The molecule has 0 unspecified atom stereocenters. The second-order valence-electron chi connectivity index (χ2n) is 4.42. The van der Waals surface area contributed by atoms with E-state index in [4.69, 9.17) is 11.6 Å². The summed E-state index contributed by atoms with van der Waals surface area (Å²) < 4.78 is 0. The summed E-state index contributed by atoms with van der Waals surface area (Å²) in [7, 11) is 0. The Balaban J connectivity index is 2.09. The molecule has 1 aromatic heterocycles. The maximum Gasteiger partial charge on any atom is 0.275 e. The third-order valence-electron chi connectivity index (χ3n) is 3.03. The van der Waals surface area contributed by atoms with Crippen molar-refractivity contribution in [3.8, 4) is 0 Å². The standard InChI is InChI=1S/C14H14ClN3O2/c1-10(11-3-2-6-16-8-11)17-9-12-4-5-13(15)7-14(12)18(19)20/h2-8,10,17H,9H2,1H3/t10-/m0/s1. The lowest BCUT2D eigenvalue weighted by Gasteiger charge is -2.13. The second kappa shape index (κ2) is 6.45. The predicted octanol–water partition coefficient (Wildman–Crippen LogP) is 3.49. The van der Waals surface area contributed by atoms with Crippen molar-refractivity contribution in [1.82, 2.24) is 10.3 Å². The van der Waals surface area contributed by atoms with Crippen molar-refractivity contribution in [3.63, 3.8) is 0 Å². The summed E-state index contributed by atoms with van der Waals surface area (Å²) in [5, 5.41) is 14.6. The van der Waals surface area contributed by atoms with Gasteiger partial charge in [0.15, 0.2) is 0 Å². The van der Waals surface area contributed by atoms with Gasteiger partial charge in [-0.3, -0.25) is 15.1 Å². The molecule has 0 saturated carbocycles. The SMILES string of the molecule is C[C@H](NCc1ccc(Cl)cc1[N+](=O)[O-])c1cccnc1. The van der Waals surface area contributed by atoms with E-state index in [2.05, 4.69) is 10.3 Å². The number of nitro groups is 1. The van der Waals surface area contributed by atoms with Crippen molar-refractivity contribution in [1.29, 1.82) is 0 Å². The van der Waals surface area contributed by atoms with Gasteiger partial charge in [0.2, 0.25) is 0 Å². The molecule has 0 aliphatic rings. The molecule has 0 radical (unpaired) electrons. The van der Waals surface area contributed by atoms with Crippen molar-refractivity contribution in [2.24, 2.45) is 0 Å². The van der Waals surface area contributed by atoms with Gasteiger partial charge in [0.05, 0.1) is 4.92 Å². The summed E-state index contributed by atoms with van der Waals surface area (Å²) in [4.78, 5) is 14.6. The van der Waals surface area contributed by atoms with Crippen LogP contribution in [0.1, 0.15) is 24.1 Å². The second-order valence-corrected chi connectivity index (χ2v) is 4.86. The van der Waals surface area contributed by atoms with Crippen LogP contribution in [0.2, 0.25) is 5.02 Å². The van der Waals surface area contributed by atoms with Gasteiger partial charge in [-0.15, -0.1) is 0 Å². The maximum absolute atomic E-state index is 11.0. The van der Waals surface area contributed by atoms with Gasteiger partial charge in [0.1, 0.15) is 0 Å². The van der Waals surface area contributed by atoms with E-state index in [1.54, 1.807) is 24.5 Å². The van der Waals surface area contributed by atoms with Crippen LogP contribution in [-0.4, -0.2) is 9.91 Å². The number of nitrogens with one attached hydrogen (secondary N) is 1. The molecule has 0 spiro atoms. The van der Waals surface area contributed by atoms with Gasteiger partial charge >= 0.3 is 0 Å². The number of pyridine rings is 1. The summed E-state index contributed by atoms with van der Waals surface area (Å²) in [6.07, 6.45) is 3.48. The molecule has 104 valence electrons. The summed E-state index contributed by atoms with van der Waals surface area (Å²) >= 11 is 5.79. The highest BCUT2D eigenvalue weighted by atomic mass is 35.5. The zero-order valence-corrected chi connectivity index (χ0v) is 11.7. The maximum atomic E-state index is 11.0. The number of halogens is 1. The summed E-state index contributed by atoms with van der Waals surface area (Å²) in [6.45, 7) is 2.38. The fourth-order valence-electron chi connectivity index (χ4n) is 1.87. The number of aromatic nitrogens is 1. The first kappa shape index (κ1) is 14.4. The van der Waals surface area contributed by atoms with E-state index in [0.29, 0.717) is 17.1 Å². The Morgan fingerprint density at radius 2 is 2.25 bits per heavy atom. The number of nitro benzene ring substituents is 1. The molecule has 1 N–H and O–H groups in total. The highest BCUT2D eigenvalue weighted by Crippen LogP contribution is 2.23. The zero-order chi connectivity index (χ0) is 14.5. The molecule has 0 saturated heterocycles. The minimum atomic E-state index is -0.419. The Labute approximate surface area is 121 Å². The molecule has 0 bridgehead atoms. The Hall–Kier alpha value is -1.98. The van der Waals surface area contributed by atoms with E-state index in [-0.39, 0.29) is 11.7 Å². The lowest BCUT2D eigenvalue weighted by atomic mass is 10.1. The van der Waals surface area contributed by atoms with Crippen LogP contribution in [0.5, 0.6) is 0 Å². The van der Waals surface area contributed by atoms with Gasteiger partial charge in [-0.1, -0.05) is 17.7 Å². The van der Waals surface area contributed by atoms with Crippen molar-refractivity contribution in [2.45, 2.75) is 19.5 Å². The summed E-state index contributed by atoms with van der Waals surface area (Å²) in [5.74, 6) is 0. The number of rotatable bonds is 5. The molecule has 20 heavy (non-hydrogen) atoms. The van der Waals surface area contributed by atoms with Crippen LogP contribution >= 0.6 is 11.6 Å². The van der Waals surface area contributed by atoms with Gasteiger partial charge in [0, 0.05) is 41.6 Å². The Kier molecular flexibility index (Phi) is 4.65. The van der Waals surface area contributed by atoms with E-state index in [1.165, 1.54) is 6.07 Å². The minimum absolute atomic E-state index is 0.0309. The topological polar surface area (TPSA) is 68.1 Å². The number of hydrogen-bond donors (Lipinski definition) is 1. The van der Waals surface area contributed by atoms with Gasteiger partial charge in [-0.25, -0.2) is 0 Å². The van der Waals surface area contributed by atoms with Gasteiger partial charge < -0.3 is 5.32 Å². The lowest BCUT2D eigenvalue weighted by molar-refractivity contribution is -0.385. The van der Waals surface area contributed by atoms with Gasteiger partial charge in [-0.05, 0) is 30.7 Å². The minimum Gasteiger partial charge on any atom is -0.306 e. The molecule has 0 aliphatic heterocycles. The molecule has 2 aromatic rings. The van der Waals surface area contributed by atoms with E-state index in [9.17, 15) is 10.1 Å². The van der Waals surface area contributed by atoms with Gasteiger partial charge in [0.25, 0.3) is 5.69 Å². The van der Waals surface area contributed by atoms with Gasteiger partial charge in [-0.2, -0.15) is 0 Å². The molecule has 0 aliphatic carbocycles. The lowest BCUT2D eigenvalue weighted by Crippen LogP contribution is -2.18. The molecule has 1 heterocycles.